The van der Waals surface area contributed by atoms with Gasteiger partial charge in [0.15, 0.2) is 0 Å². The van der Waals surface area contributed by atoms with Crippen LogP contribution in [-0.4, -0.2) is 40.4 Å². The summed E-state index contributed by atoms with van der Waals surface area (Å²) >= 11 is 5.96. The van der Waals surface area contributed by atoms with E-state index in [-0.39, 0.29) is 0 Å². The number of piperidine rings is 1. The van der Waals surface area contributed by atoms with Crippen LogP contribution < -0.4 is 5.73 Å². The van der Waals surface area contributed by atoms with Crippen molar-refractivity contribution in [2.75, 3.05) is 19.6 Å². The lowest BCUT2D eigenvalue weighted by molar-refractivity contribution is 0.100. The highest BCUT2D eigenvalue weighted by Gasteiger charge is 2.24. The minimum Gasteiger partial charge on any atom is -0.366 e. The van der Waals surface area contributed by atoms with Gasteiger partial charge in [-0.05, 0) is 55.6 Å². The molecular weight excluding hydrogens is 360 g/mol. The van der Waals surface area contributed by atoms with E-state index >= 15 is 0 Å². The maximum atomic E-state index is 11.6. The van der Waals surface area contributed by atoms with E-state index in [1.54, 1.807) is 6.07 Å². The Kier molecular flexibility index (Phi) is 5.14. The molecule has 2 heterocycles. The number of amides is 1. The highest BCUT2D eigenvalue weighted by atomic mass is 35.5. The number of imidazole rings is 1. The van der Waals surface area contributed by atoms with Crippen molar-refractivity contribution in [1.82, 2.24) is 14.9 Å². The number of hydrogen-bond acceptors (Lipinski definition) is 3. The van der Waals surface area contributed by atoms with Crippen LogP contribution in [-0.2, 0) is 6.42 Å². The Morgan fingerprint density at radius 2 is 2.07 bits per heavy atom. The van der Waals surface area contributed by atoms with E-state index in [0.717, 1.165) is 55.3 Å². The summed E-state index contributed by atoms with van der Waals surface area (Å²) in [7, 11) is 0. The van der Waals surface area contributed by atoms with E-state index in [0.29, 0.717) is 17.0 Å². The Morgan fingerprint density at radius 1 is 1.26 bits per heavy atom. The smallest absolute Gasteiger partial charge is 0.250 e. The van der Waals surface area contributed by atoms with Gasteiger partial charge in [-0.2, -0.15) is 0 Å². The first-order chi connectivity index (χ1) is 13.1. The second kappa shape index (κ2) is 7.71. The van der Waals surface area contributed by atoms with Crippen LogP contribution in [0.1, 0.15) is 40.5 Å². The number of aromatic amines is 1. The van der Waals surface area contributed by atoms with Crippen molar-refractivity contribution in [3.63, 3.8) is 0 Å². The second-order valence-electron chi connectivity index (χ2n) is 7.20. The summed E-state index contributed by atoms with van der Waals surface area (Å²) in [6.07, 6.45) is 3.25. The van der Waals surface area contributed by atoms with Crippen LogP contribution >= 0.6 is 11.6 Å². The minimum absolute atomic E-state index is 0.345. The van der Waals surface area contributed by atoms with E-state index in [2.05, 4.69) is 22.0 Å². The zero-order chi connectivity index (χ0) is 18.8. The summed E-state index contributed by atoms with van der Waals surface area (Å²) < 4.78 is 0. The van der Waals surface area contributed by atoms with Crippen molar-refractivity contribution < 1.29 is 4.79 Å². The highest BCUT2D eigenvalue weighted by Crippen LogP contribution is 2.28. The van der Waals surface area contributed by atoms with Gasteiger partial charge in [0.25, 0.3) is 5.91 Å². The molecule has 3 aromatic rings. The van der Waals surface area contributed by atoms with E-state index < -0.39 is 5.91 Å². The second-order valence-corrected chi connectivity index (χ2v) is 7.64. The van der Waals surface area contributed by atoms with Crippen LogP contribution in [0.15, 0.2) is 42.5 Å². The third-order valence-electron chi connectivity index (χ3n) is 5.32. The molecule has 3 N–H and O–H groups in total. The fourth-order valence-corrected chi connectivity index (χ4v) is 3.99. The number of rotatable bonds is 5. The number of likely N-dealkylation sites (tertiary alicyclic amines) is 1. The minimum atomic E-state index is -0.438. The van der Waals surface area contributed by atoms with Gasteiger partial charge in [0.1, 0.15) is 11.3 Å². The zero-order valence-electron chi connectivity index (χ0n) is 15.1. The number of halogens is 1. The number of benzene rings is 2. The Hall–Kier alpha value is -2.37. The van der Waals surface area contributed by atoms with Crippen molar-refractivity contribution in [1.29, 1.82) is 0 Å². The van der Waals surface area contributed by atoms with Gasteiger partial charge in [-0.3, -0.25) is 4.79 Å². The van der Waals surface area contributed by atoms with Gasteiger partial charge in [-0.1, -0.05) is 29.8 Å². The molecule has 1 atom stereocenters. The number of aromatic nitrogens is 2. The van der Waals surface area contributed by atoms with Crippen LogP contribution in [0.3, 0.4) is 0 Å². The lowest BCUT2D eigenvalue weighted by Gasteiger charge is -2.31. The Bertz CT molecular complexity index is 950. The van der Waals surface area contributed by atoms with Crippen molar-refractivity contribution in [3.8, 4) is 0 Å². The highest BCUT2D eigenvalue weighted by molar-refractivity contribution is 6.30. The quantitative estimate of drug-likeness (QED) is 0.705. The number of para-hydroxylation sites is 1. The van der Waals surface area contributed by atoms with Crippen LogP contribution in [0.2, 0.25) is 5.02 Å². The molecule has 1 saturated heterocycles. The Morgan fingerprint density at radius 3 is 2.85 bits per heavy atom. The molecule has 4 rings (SSSR count). The lowest BCUT2D eigenvalue weighted by Crippen LogP contribution is -2.36. The number of fused-ring (bicyclic) bond motifs is 1. The van der Waals surface area contributed by atoms with Gasteiger partial charge >= 0.3 is 0 Å². The summed E-state index contributed by atoms with van der Waals surface area (Å²) in [4.78, 5) is 22.3. The molecule has 1 fully saturated rings. The molecule has 1 aliphatic heterocycles. The number of nitrogens with one attached hydrogen (secondary N) is 1. The average molecular weight is 383 g/mol. The predicted octanol–water partition coefficient (Wildman–Crippen LogP) is 3.74. The molecule has 1 aliphatic rings. The first-order valence-electron chi connectivity index (χ1n) is 9.35. The number of hydrogen-bond donors (Lipinski definition) is 2. The molecule has 1 amide bonds. The third kappa shape index (κ3) is 3.99. The van der Waals surface area contributed by atoms with Gasteiger partial charge in [0.05, 0.1) is 11.1 Å². The topological polar surface area (TPSA) is 75.0 Å². The van der Waals surface area contributed by atoms with Gasteiger partial charge in [0, 0.05) is 24.0 Å². The van der Waals surface area contributed by atoms with Gasteiger partial charge < -0.3 is 15.6 Å². The number of H-pyrrole nitrogens is 1. The molecule has 0 bridgehead atoms. The van der Waals surface area contributed by atoms with Crippen LogP contribution in [0.25, 0.3) is 11.0 Å². The van der Waals surface area contributed by atoms with Crippen molar-refractivity contribution in [2.45, 2.75) is 25.2 Å². The molecule has 27 heavy (non-hydrogen) atoms. The Balaban J connectivity index is 1.46. The lowest BCUT2D eigenvalue weighted by atomic mass is 9.97. The maximum absolute atomic E-state index is 11.6. The van der Waals surface area contributed by atoms with Crippen LogP contribution in [0.5, 0.6) is 0 Å². The predicted molar refractivity (Wildman–Crippen MR) is 108 cm³/mol. The maximum Gasteiger partial charge on any atom is 0.250 e. The van der Waals surface area contributed by atoms with E-state index in [9.17, 15) is 4.79 Å². The van der Waals surface area contributed by atoms with Crippen molar-refractivity contribution in [2.24, 2.45) is 5.73 Å². The molecule has 140 valence electrons. The van der Waals surface area contributed by atoms with Crippen LogP contribution in [0, 0.1) is 0 Å². The molecule has 1 aromatic heterocycles. The summed E-state index contributed by atoms with van der Waals surface area (Å²) in [5, 5.41) is 0.775. The van der Waals surface area contributed by atoms with E-state index in [1.807, 2.05) is 24.3 Å². The molecular formula is C21H23ClN4O. The molecule has 0 radical (unpaired) electrons. The number of primary amides is 1. The van der Waals surface area contributed by atoms with Gasteiger partial charge in [-0.25, -0.2) is 4.98 Å². The Labute approximate surface area is 163 Å². The number of nitrogens with zero attached hydrogens (tertiary/aromatic N) is 2. The van der Waals surface area contributed by atoms with Gasteiger partial charge in [0.2, 0.25) is 0 Å². The molecule has 0 aliphatic carbocycles. The van der Waals surface area contributed by atoms with Crippen molar-refractivity contribution in [3.05, 3.63) is 64.4 Å². The molecule has 1 unspecified atom stereocenters. The summed E-state index contributed by atoms with van der Waals surface area (Å²) in [5.74, 6) is 0.860. The summed E-state index contributed by atoms with van der Waals surface area (Å²) in [5.41, 5.74) is 8.82. The first-order valence-corrected chi connectivity index (χ1v) is 9.73. The monoisotopic (exact) mass is 382 g/mol. The zero-order valence-corrected chi connectivity index (χ0v) is 15.9. The molecule has 0 spiro atoms. The summed E-state index contributed by atoms with van der Waals surface area (Å²) in [6.45, 7) is 3.10. The molecule has 0 saturated carbocycles. The standard InChI is InChI=1S/C21H23ClN4O/c22-16-8-6-14(7-9-16)10-12-26-11-2-3-15(13-26)21-24-18-5-1-4-17(20(23)27)19(18)25-21/h1,4-9,15H,2-3,10-13H2,(H2,23,27)(H,24,25). The SMILES string of the molecule is NC(=O)c1cccc2[nH]c(C3CCCN(CCc4ccc(Cl)cc4)C3)nc12. The molecule has 6 heteroatoms. The summed E-state index contributed by atoms with van der Waals surface area (Å²) in [6, 6.07) is 13.6. The average Bonchev–Trinajstić information content (AvgIpc) is 3.12. The first kappa shape index (κ1) is 18.0. The van der Waals surface area contributed by atoms with E-state index in [4.69, 9.17) is 22.3 Å². The largest absolute Gasteiger partial charge is 0.366 e. The fourth-order valence-electron chi connectivity index (χ4n) is 3.86. The normalized spacial score (nSPS) is 18.0. The fraction of sp³-hybridized carbons (Fsp3) is 0.333. The molecule has 2 aromatic carbocycles. The molecule has 5 nitrogen and oxygen atoms in total. The number of nitrogens with two attached hydrogens (primary N) is 1. The number of carbonyl (C=O) groups is 1. The van der Waals surface area contributed by atoms with E-state index in [1.165, 1.54) is 5.56 Å². The third-order valence-corrected chi connectivity index (χ3v) is 5.57. The number of carbonyl (C=O) groups excluding carboxylic acids is 1. The van der Waals surface area contributed by atoms with Gasteiger partial charge in [-0.15, -0.1) is 0 Å². The van der Waals surface area contributed by atoms with Crippen molar-refractivity contribution >= 4 is 28.5 Å². The van der Waals surface area contributed by atoms with Crippen LogP contribution in [0.4, 0.5) is 0 Å².